The molecule has 0 amide bonds. The highest BCUT2D eigenvalue weighted by atomic mass is 35.5. The van der Waals surface area contributed by atoms with E-state index in [0.717, 1.165) is 11.5 Å². The number of oxime groups is 1. The predicted octanol–water partition coefficient (Wildman–Crippen LogP) is -1.85. The summed E-state index contributed by atoms with van der Waals surface area (Å²) in [5, 5.41) is 2.99. The van der Waals surface area contributed by atoms with E-state index in [2.05, 4.69) is 14.5 Å². The molecule has 0 saturated carbocycles. The fourth-order valence-electron chi connectivity index (χ4n) is 1.13. The molecular weight excluding hydrogens is 367 g/mol. The van der Waals surface area contributed by atoms with Crippen LogP contribution in [0.1, 0.15) is 40.4 Å². The number of anilines is 1. The van der Waals surface area contributed by atoms with Gasteiger partial charge < -0.3 is 27.7 Å². The lowest BCUT2D eigenvalue weighted by Crippen LogP contribution is -3.00. The number of nitrogen functional groups attached to an aromatic ring is 1. The Labute approximate surface area is 148 Å². The molecule has 0 aliphatic heterocycles. The lowest BCUT2D eigenvalue weighted by Gasteiger charge is -2.26. The average Bonchev–Trinajstić information content (AvgIpc) is 2.73. The molecule has 11 heteroatoms. The van der Waals surface area contributed by atoms with Crippen molar-refractivity contribution >= 4 is 45.2 Å². The Hall–Kier alpha value is -1.45. The summed E-state index contributed by atoms with van der Waals surface area (Å²) in [6.45, 7) is 8.10. The van der Waals surface area contributed by atoms with Gasteiger partial charge in [-0.25, -0.2) is 9.78 Å². The Bertz CT molecular complexity index is 610. The van der Waals surface area contributed by atoms with Crippen molar-refractivity contribution in [3.8, 4) is 0 Å². The molecule has 0 saturated heterocycles. The molecule has 3 N–H and O–H groups in total. The SMILES string of the molecule is CC(C)(C)OC(=O)C(C)(C)O/N=C(\C(=O)Cl)c1nsc(N)[nH+]1.[Cl-]. The molecule has 0 atom stereocenters. The molecule has 8 nitrogen and oxygen atoms in total. The number of ether oxygens (including phenoxy) is 1. The van der Waals surface area contributed by atoms with Gasteiger partial charge in [0.25, 0.3) is 5.24 Å². The van der Waals surface area contributed by atoms with Crippen LogP contribution in [0, 0.1) is 0 Å². The molecule has 1 aromatic rings. The highest BCUT2D eigenvalue weighted by Crippen LogP contribution is 2.18. The first-order chi connectivity index (χ1) is 9.92. The molecule has 130 valence electrons. The zero-order valence-corrected chi connectivity index (χ0v) is 15.6. The number of rotatable bonds is 5. The maximum Gasteiger partial charge on any atom is 0.353 e. The quantitative estimate of drug-likeness (QED) is 0.275. The van der Waals surface area contributed by atoms with Crippen LogP contribution in [0.15, 0.2) is 5.16 Å². The summed E-state index contributed by atoms with van der Waals surface area (Å²) >= 11 is 6.37. The van der Waals surface area contributed by atoms with Crippen LogP contribution in [0.2, 0.25) is 0 Å². The van der Waals surface area contributed by atoms with Gasteiger partial charge in [-0.3, -0.25) is 4.79 Å². The second-order valence-electron chi connectivity index (χ2n) is 5.84. The van der Waals surface area contributed by atoms with Gasteiger partial charge in [0.15, 0.2) is 0 Å². The number of hydrogen-bond donors (Lipinski definition) is 1. The van der Waals surface area contributed by atoms with Gasteiger partial charge in [0.2, 0.25) is 11.3 Å². The maximum atomic E-state index is 12.0. The van der Waals surface area contributed by atoms with Gasteiger partial charge in [0.05, 0.1) is 0 Å². The van der Waals surface area contributed by atoms with Crippen molar-refractivity contribution in [2.75, 3.05) is 5.73 Å². The van der Waals surface area contributed by atoms with Crippen LogP contribution in [0.3, 0.4) is 0 Å². The van der Waals surface area contributed by atoms with Crippen LogP contribution in [0.25, 0.3) is 0 Å². The predicted molar refractivity (Wildman–Crippen MR) is 81.5 cm³/mol. The number of nitrogens with two attached hydrogens (primary N) is 1. The maximum absolute atomic E-state index is 12.0. The summed E-state index contributed by atoms with van der Waals surface area (Å²) < 4.78 is 9.08. The molecular formula is C12H18Cl2N4O4S. The highest BCUT2D eigenvalue weighted by Gasteiger charge is 2.36. The zero-order chi connectivity index (χ0) is 17.1. The van der Waals surface area contributed by atoms with E-state index in [1.165, 1.54) is 13.8 Å². The van der Waals surface area contributed by atoms with E-state index in [1.54, 1.807) is 20.8 Å². The Morgan fingerprint density at radius 3 is 2.26 bits per heavy atom. The second kappa shape index (κ2) is 7.89. The van der Waals surface area contributed by atoms with Crippen molar-refractivity contribution in [2.24, 2.45) is 5.16 Å². The number of carbonyl (C=O) groups is 2. The summed E-state index contributed by atoms with van der Waals surface area (Å²) in [6.07, 6.45) is 0. The van der Waals surface area contributed by atoms with E-state index >= 15 is 0 Å². The van der Waals surface area contributed by atoms with Gasteiger partial charge in [0, 0.05) is 0 Å². The number of halogens is 2. The van der Waals surface area contributed by atoms with Crippen molar-refractivity contribution < 1.29 is 36.6 Å². The topological polar surface area (TPSA) is 118 Å². The first-order valence-electron chi connectivity index (χ1n) is 6.26. The summed E-state index contributed by atoms with van der Waals surface area (Å²) in [4.78, 5) is 31.2. The Kier molecular flexibility index (Phi) is 7.39. The van der Waals surface area contributed by atoms with Crippen LogP contribution in [-0.4, -0.2) is 32.5 Å². The average molecular weight is 385 g/mol. The molecule has 1 rings (SSSR count). The summed E-state index contributed by atoms with van der Waals surface area (Å²) in [7, 11) is 0. The summed E-state index contributed by atoms with van der Waals surface area (Å²) in [6, 6.07) is 0. The van der Waals surface area contributed by atoms with Gasteiger partial charge >= 0.3 is 16.9 Å². The Balaban J connectivity index is 0.00000484. The van der Waals surface area contributed by atoms with E-state index in [9.17, 15) is 9.59 Å². The van der Waals surface area contributed by atoms with E-state index < -0.39 is 22.4 Å². The molecule has 0 spiro atoms. The smallest absolute Gasteiger partial charge is 0.353 e. The van der Waals surface area contributed by atoms with Crippen molar-refractivity contribution in [3.05, 3.63) is 5.82 Å². The molecule has 1 aromatic heterocycles. The molecule has 0 bridgehead atoms. The fourth-order valence-corrected chi connectivity index (χ4v) is 1.72. The number of nitrogens with one attached hydrogen (secondary N) is 1. The summed E-state index contributed by atoms with van der Waals surface area (Å²) in [5.41, 5.74) is 3.12. The third-order valence-corrected chi connectivity index (χ3v) is 2.89. The van der Waals surface area contributed by atoms with Gasteiger partial charge in [-0.1, -0.05) is 5.16 Å². The van der Waals surface area contributed by atoms with Gasteiger partial charge in [0.1, 0.15) is 17.1 Å². The highest BCUT2D eigenvalue weighted by molar-refractivity contribution is 7.09. The number of H-pyrrole nitrogens is 1. The van der Waals surface area contributed by atoms with E-state index in [4.69, 9.17) is 26.9 Å². The first kappa shape index (κ1) is 21.6. The molecule has 1 heterocycles. The Morgan fingerprint density at radius 1 is 1.30 bits per heavy atom. The third kappa shape index (κ3) is 6.67. The zero-order valence-electron chi connectivity index (χ0n) is 13.3. The minimum atomic E-state index is -1.41. The number of esters is 1. The number of nitrogens with zero attached hydrogens (tertiary/aromatic N) is 2. The molecule has 0 aliphatic carbocycles. The number of aromatic amines is 1. The molecule has 0 aromatic carbocycles. The molecule has 0 fully saturated rings. The van der Waals surface area contributed by atoms with E-state index in [0.29, 0.717) is 0 Å². The van der Waals surface area contributed by atoms with Crippen molar-refractivity contribution in [1.82, 2.24) is 4.37 Å². The minimum Gasteiger partial charge on any atom is -1.00 e. The van der Waals surface area contributed by atoms with E-state index in [1.807, 2.05) is 0 Å². The Morgan fingerprint density at radius 2 is 1.87 bits per heavy atom. The van der Waals surface area contributed by atoms with Gasteiger partial charge in [-0.05, 0) is 50.6 Å². The largest absolute Gasteiger partial charge is 1.00 e. The fraction of sp³-hybridized carbons (Fsp3) is 0.583. The van der Waals surface area contributed by atoms with Crippen molar-refractivity contribution in [1.29, 1.82) is 0 Å². The second-order valence-corrected chi connectivity index (χ2v) is 6.99. The van der Waals surface area contributed by atoms with Gasteiger partial charge in [-0.2, -0.15) is 0 Å². The lowest BCUT2D eigenvalue weighted by molar-refractivity contribution is -0.359. The third-order valence-electron chi connectivity index (χ3n) is 2.14. The van der Waals surface area contributed by atoms with Gasteiger partial charge in [-0.15, -0.1) is 0 Å². The monoisotopic (exact) mass is 384 g/mol. The van der Waals surface area contributed by atoms with Crippen molar-refractivity contribution in [3.63, 3.8) is 0 Å². The van der Waals surface area contributed by atoms with E-state index in [-0.39, 0.29) is 29.1 Å². The molecule has 0 unspecified atom stereocenters. The summed E-state index contributed by atoms with van der Waals surface area (Å²) in [5.74, 6) is -0.575. The van der Waals surface area contributed by atoms with Crippen LogP contribution in [0.4, 0.5) is 5.13 Å². The van der Waals surface area contributed by atoms with Crippen LogP contribution in [0.5, 0.6) is 0 Å². The first-order valence-corrected chi connectivity index (χ1v) is 7.42. The molecule has 0 radical (unpaired) electrons. The molecule has 23 heavy (non-hydrogen) atoms. The lowest BCUT2D eigenvalue weighted by atomic mass is 10.1. The van der Waals surface area contributed by atoms with Crippen LogP contribution >= 0.6 is 23.1 Å². The minimum absolute atomic E-state index is 0. The molecule has 0 aliphatic rings. The number of hydrogen-bond acceptors (Lipinski definition) is 8. The number of aromatic nitrogens is 2. The van der Waals surface area contributed by atoms with Crippen LogP contribution in [-0.2, 0) is 19.2 Å². The normalized spacial score (nSPS) is 12.3. The number of carbonyl (C=O) groups excluding carboxylic acids is 2. The van der Waals surface area contributed by atoms with Crippen LogP contribution < -0.4 is 23.1 Å². The standard InChI is InChI=1S/C12H17ClN4O4S.ClH/c1-11(2,3)20-9(19)12(4,5)21-16-6(7(13)18)8-15-10(14)22-17-8;/h1-5H3,(H2,14,15,17);1H/b16-6+;. The van der Waals surface area contributed by atoms with Crippen molar-refractivity contribution in [2.45, 2.75) is 45.8 Å².